The third kappa shape index (κ3) is 3.04. The Kier molecular flexibility index (Phi) is 4.12. The summed E-state index contributed by atoms with van der Waals surface area (Å²) in [6.45, 7) is 1.59. The van der Waals surface area contributed by atoms with Gasteiger partial charge >= 0.3 is 0 Å². The van der Waals surface area contributed by atoms with E-state index in [-0.39, 0.29) is 17.9 Å². The fraction of sp³-hybridized carbons (Fsp3) is 0.467. The van der Waals surface area contributed by atoms with Crippen molar-refractivity contribution in [2.24, 2.45) is 0 Å². The van der Waals surface area contributed by atoms with Crippen LogP contribution in [-0.4, -0.2) is 30.9 Å². The topological polar surface area (TPSA) is 61.4 Å². The van der Waals surface area contributed by atoms with Crippen molar-refractivity contribution in [3.63, 3.8) is 0 Å². The van der Waals surface area contributed by atoms with Gasteiger partial charge in [0, 0.05) is 18.7 Å². The molecular weight excluding hydrogens is 290 g/mol. The Morgan fingerprint density at radius 1 is 1.38 bits per heavy atom. The zero-order valence-electron chi connectivity index (χ0n) is 11.7. The molecule has 112 valence electrons. The van der Waals surface area contributed by atoms with Crippen LogP contribution in [0.3, 0.4) is 0 Å². The molecule has 0 saturated carbocycles. The quantitative estimate of drug-likeness (QED) is 0.899. The number of amides is 2. The summed E-state index contributed by atoms with van der Waals surface area (Å²) in [6.07, 6.45) is 3.32. The van der Waals surface area contributed by atoms with E-state index in [4.69, 9.17) is 11.6 Å². The number of carbonyl (C=O) groups excluding carboxylic acids is 2. The lowest BCUT2D eigenvalue weighted by atomic mass is 10.2. The van der Waals surface area contributed by atoms with E-state index >= 15 is 0 Å². The van der Waals surface area contributed by atoms with Crippen LogP contribution >= 0.6 is 11.6 Å². The molecule has 2 heterocycles. The van der Waals surface area contributed by atoms with Crippen molar-refractivity contribution in [2.75, 3.05) is 23.3 Å². The molecule has 1 aromatic rings. The highest BCUT2D eigenvalue weighted by Crippen LogP contribution is 2.31. The monoisotopic (exact) mass is 307 g/mol. The van der Waals surface area contributed by atoms with E-state index in [1.54, 1.807) is 23.1 Å². The maximum atomic E-state index is 12.0. The van der Waals surface area contributed by atoms with Gasteiger partial charge in [-0.1, -0.05) is 11.6 Å². The Balaban J connectivity index is 1.71. The molecule has 0 aromatic heterocycles. The molecule has 2 fully saturated rings. The van der Waals surface area contributed by atoms with Crippen LogP contribution in [0.1, 0.15) is 25.7 Å². The van der Waals surface area contributed by atoms with Gasteiger partial charge in [-0.3, -0.25) is 9.59 Å². The van der Waals surface area contributed by atoms with Gasteiger partial charge in [0.05, 0.1) is 16.8 Å². The summed E-state index contributed by atoms with van der Waals surface area (Å²) in [5, 5.41) is 6.51. The minimum atomic E-state index is -0.122. The second kappa shape index (κ2) is 6.03. The predicted molar refractivity (Wildman–Crippen MR) is 82.7 cm³/mol. The van der Waals surface area contributed by atoms with Gasteiger partial charge in [-0.05, 0) is 44.0 Å². The molecule has 21 heavy (non-hydrogen) atoms. The molecule has 0 bridgehead atoms. The Hall–Kier alpha value is -1.59. The van der Waals surface area contributed by atoms with Gasteiger partial charge < -0.3 is 15.5 Å². The Bertz CT molecular complexity index is 570. The van der Waals surface area contributed by atoms with Crippen molar-refractivity contribution >= 4 is 34.8 Å². The first-order valence-corrected chi connectivity index (χ1v) is 7.67. The number of benzene rings is 1. The van der Waals surface area contributed by atoms with Crippen molar-refractivity contribution in [3.8, 4) is 0 Å². The molecular formula is C15H18ClN3O2. The van der Waals surface area contributed by atoms with Gasteiger partial charge in [0.1, 0.15) is 0 Å². The number of carbonyl (C=O) groups is 2. The summed E-state index contributed by atoms with van der Waals surface area (Å²) in [5.41, 5.74) is 1.38. The van der Waals surface area contributed by atoms with Gasteiger partial charge in [-0.25, -0.2) is 0 Å². The Morgan fingerprint density at radius 3 is 2.86 bits per heavy atom. The number of halogens is 1. The Labute approximate surface area is 128 Å². The normalized spacial score (nSPS) is 21.9. The second-order valence-electron chi connectivity index (χ2n) is 5.45. The smallest absolute Gasteiger partial charge is 0.241 e. The fourth-order valence-electron chi connectivity index (χ4n) is 2.84. The van der Waals surface area contributed by atoms with E-state index in [1.165, 1.54) is 0 Å². The maximum absolute atomic E-state index is 12.0. The highest BCUT2D eigenvalue weighted by atomic mass is 35.5. The third-order valence-electron chi connectivity index (χ3n) is 3.96. The summed E-state index contributed by atoms with van der Waals surface area (Å²) in [5.74, 6) is 0.0670. The van der Waals surface area contributed by atoms with Crippen molar-refractivity contribution in [1.82, 2.24) is 5.32 Å². The van der Waals surface area contributed by atoms with E-state index < -0.39 is 0 Å². The molecule has 0 aliphatic carbocycles. The maximum Gasteiger partial charge on any atom is 0.241 e. The van der Waals surface area contributed by atoms with E-state index in [0.717, 1.165) is 31.5 Å². The molecule has 2 N–H and O–H groups in total. The van der Waals surface area contributed by atoms with E-state index in [9.17, 15) is 9.59 Å². The van der Waals surface area contributed by atoms with E-state index in [0.29, 0.717) is 23.7 Å². The molecule has 2 saturated heterocycles. The first-order valence-electron chi connectivity index (χ1n) is 7.29. The number of anilines is 2. The van der Waals surface area contributed by atoms with Gasteiger partial charge in [0.15, 0.2) is 0 Å². The number of nitrogens with one attached hydrogen (secondary N) is 2. The molecule has 1 unspecified atom stereocenters. The zero-order chi connectivity index (χ0) is 14.8. The van der Waals surface area contributed by atoms with Crippen LogP contribution in [0.25, 0.3) is 0 Å². The highest BCUT2D eigenvalue weighted by molar-refractivity contribution is 6.34. The Morgan fingerprint density at radius 2 is 2.24 bits per heavy atom. The highest BCUT2D eigenvalue weighted by Gasteiger charge is 2.25. The zero-order valence-corrected chi connectivity index (χ0v) is 12.4. The minimum absolute atomic E-state index is 0.0337. The first-order chi connectivity index (χ1) is 10.1. The van der Waals surface area contributed by atoms with E-state index in [2.05, 4.69) is 10.6 Å². The fourth-order valence-corrected chi connectivity index (χ4v) is 3.13. The van der Waals surface area contributed by atoms with Gasteiger partial charge in [-0.15, -0.1) is 0 Å². The number of nitrogens with zero attached hydrogens (tertiary/aromatic N) is 1. The lowest BCUT2D eigenvalue weighted by Crippen LogP contribution is -2.35. The summed E-state index contributed by atoms with van der Waals surface area (Å²) in [6, 6.07) is 5.17. The number of hydrogen-bond acceptors (Lipinski definition) is 3. The molecule has 0 radical (unpaired) electrons. The van der Waals surface area contributed by atoms with Crippen LogP contribution < -0.4 is 15.5 Å². The second-order valence-corrected chi connectivity index (χ2v) is 5.86. The van der Waals surface area contributed by atoms with Crippen molar-refractivity contribution in [2.45, 2.75) is 31.7 Å². The lowest BCUT2D eigenvalue weighted by molar-refractivity contribution is -0.118. The SMILES string of the molecule is O=C(Nc1ccc(N2CCCC2=O)c(Cl)c1)C1CCCN1. The molecule has 2 aliphatic heterocycles. The molecule has 3 rings (SSSR count). The van der Waals surface area contributed by atoms with Crippen LogP contribution in [0.4, 0.5) is 11.4 Å². The molecule has 5 nitrogen and oxygen atoms in total. The average molecular weight is 308 g/mol. The van der Waals surface area contributed by atoms with Gasteiger partial charge in [0.25, 0.3) is 0 Å². The van der Waals surface area contributed by atoms with Gasteiger partial charge in [0.2, 0.25) is 11.8 Å². The van der Waals surface area contributed by atoms with Crippen LogP contribution in [-0.2, 0) is 9.59 Å². The standard InChI is InChI=1S/C15H18ClN3O2/c16-11-9-10(18-15(21)12-3-1-7-17-12)5-6-13(11)19-8-2-4-14(19)20/h5-6,9,12,17H,1-4,7-8H2,(H,18,21). The third-order valence-corrected chi connectivity index (χ3v) is 4.26. The van der Waals surface area contributed by atoms with Crippen LogP contribution in [0.2, 0.25) is 5.02 Å². The van der Waals surface area contributed by atoms with E-state index in [1.807, 2.05) is 0 Å². The van der Waals surface area contributed by atoms with Crippen LogP contribution in [0.5, 0.6) is 0 Å². The van der Waals surface area contributed by atoms with Crippen LogP contribution in [0, 0.1) is 0 Å². The number of rotatable bonds is 3. The summed E-state index contributed by atoms with van der Waals surface area (Å²) < 4.78 is 0. The molecule has 1 atom stereocenters. The van der Waals surface area contributed by atoms with Crippen LogP contribution in [0.15, 0.2) is 18.2 Å². The van der Waals surface area contributed by atoms with Crippen molar-refractivity contribution < 1.29 is 9.59 Å². The molecule has 0 spiro atoms. The largest absolute Gasteiger partial charge is 0.325 e. The first kappa shape index (κ1) is 14.4. The number of hydrogen-bond donors (Lipinski definition) is 2. The predicted octanol–water partition coefficient (Wildman–Crippen LogP) is 2.16. The minimum Gasteiger partial charge on any atom is -0.325 e. The average Bonchev–Trinajstić information content (AvgIpc) is 3.10. The molecule has 1 aromatic carbocycles. The van der Waals surface area contributed by atoms with Gasteiger partial charge in [-0.2, -0.15) is 0 Å². The van der Waals surface area contributed by atoms with Crippen molar-refractivity contribution in [3.05, 3.63) is 23.2 Å². The summed E-state index contributed by atoms with van der Waals surface area (Å²) >= 11 is 6.26. The molecule has 2 aliphatic rings. The lowest BCUT2D eigenvalue weighted by Gasteiger charge is -2.18. The molecule has 6 heteroatoms. The van der Waals surface area contributed by atoms with Crippen molar-refractivity contribution in [1.29, 1.82) is 0 Å². The summed E-state index contributed by atoms with van der Waals surface area (Å²) in [7, 11) is 0. The molecule has 2 amide bonds. The summed E-state index contributed by atoms with van der Waals surface area (Å²) in [4.78, 5) is 25.5.